The number of amidine groups is 1. The van der Waals surface area contributed by atoms with Gasteiger partial charge in [0.05, 0.1) is 18.2 Å². The largest absolute Gasteiger partial charge is 0.464 e. The number of hydrogen-bond acceptors (Lipinski definition) is 4. The van der Waals surface area contributed by atoms with Crippen LogP contribution < -0.4 is 4.90 Å². The Kier molecular flexibility index (Phi) is 5.52. The summed E-state index contributed by atoms with van der Waals surface area (Å²) in [5, 5.41) is 1.63. The van der Waals surface area contributed by atoms with Crippen LogP contribution in [-0.2, 0) is 9.53 Å². The highest BCUT2D eigenvalue weighted by Crippen LogP contribution is 2.29. The number of halogens is 3. The quantitative estimate of drug-likeness (QED) is 0.693. The van der Waals surface area contributed by atoms with Gasteiger partial charge < -0.3 is 9.64 Å². The van der Waals surface area contributed by atoms with Crippen molar-refractivity contribution in [3.8, 4) is 0 Å². The van der Waals surface area contributed by atoms with E-state index >= 15 is 0 Å². The van der Waals surface area contributed by atoms with Gasteiger partial charge in [-0.05, 0) is 49.4 Å². The molecule has 0 bridgehead atoms. The lowest BCUT2D eigenvalue weighted by Crippen LogP contribution is -2.32. The lowest BCUT2D eigenvalue weighted by atomic mass is 10.1. The van der Waals surface area contributed by atoms with Crippen LogP contribution in [0.15, 0.2) is 47.5 Å². The third-order valence-electron chi connectivity index (χ3n) is 3.76. The molecule has 0 amide bonds. The fourth-order valence-electron chi connectivity index (χ4n) is 2.62. The molecule has 1 aliphatic heterocycles. The van der Waals surface area contributed by atoms with Crippen LogP contribution in [0.25, 0.3) is 0 Å². The molecule has 0 aromatic heterocycles. The smallest absolute Gasteiger partial charge is 0.332 e. The van der Waals surface area contributed by atoms with Gasteiger partial charge >= 0.3 is 5.97 Å². The van der Waals surface area contributed by atoms with Crippen molar-refractivity contribution in [2.24, 2.45) is 4.99 Å². The molecule has 2 aromatic carbocycles. The Labute approximate surface area is 161 Å². The standard InChI is InChI=1S/C18H15Cl3N2O2/c1-2-25-18(24)16-10-23(13-6-3-11(19)4-7-13)17(22-16)14-8-5-12(20)9-15(14)21/h3-9,16H,2,10H2,1H3. The van der Waals surface area contributed by atoms with Gasteiger partial charge in [-0.2, -0.15) is 0 Å². The summed E-state index contributed by atoms with van der Waals surface area (Å²) in [6.45, 7) is 2.45. The molecule has 130 valence electrons. The fourth-order valence-corrected chi connectivity index (χ4v) is 3.24. The lowest BCUT2D eigenvalue weighted by molar-refractivity contribution is -0.144. The van der Waals surface area contributed by atoms with Crippen LogP contribution in [0.3, 0.4) is 0 Å². The molecule has 4 nitrogen and oxygen atoms in total. The normalized spacial score (nSPS) is 16.7. The zero-order valence-electron chi connectivity index (χ0n) is 13.4. The monoisotopic (exact) mass is 396 g/mol. The third kappa shape index (κ3) is 3.92. The van der Waals surface area contributed by atoms with Crippen LogP contribution in [0.4, 0.5) is 5.69 Å². The fraction of sp³-hybridized carbons (Fsp3) is 0.222. The Balaban J connectivity index is 2.02. The van der Waals surface area contributed by atoms with Gasteiger partial charge in [0.1, 0.15) is 5.84 Å². The highest BCUT2D eigenvalue weighted by atomic mass is 35.5. The highest BCUT2D eigenvalue weighted by Gasteiger charge is 2.33. The zero-order valence-corrected chi connectivity index (χ0v) is 15.6. The average molecular weight is 398 g/mol. The van der Waals surface area contributed by atoms with E-state index in [0.717, 1.165) is 5.69 Å². The Morgan fingerprint density at radius 2 is 1.84 bits per heavy atom. The van der Waals surface area contributed by atoms with Crippen molar-refractivity contribution in [1.82, 2.24) is 0 Å². The summed E-state index contributed by atoms with van der Waals surface area (Å²) in [4.78, 5) is 18.6. The number of nitrogens with zero attached hydrogens (tertiary/aromatic N) is 2. The van der Waals surface area contributed by atoms with E-state index in [0.29, 0.717) is 39.6 Å². The molecule has 7 heteroatoms. The van der Waals surface area contributed by atoms with Crippen LogP contribution in [0, 0.1) is 0 Å². The molecular formula is C18H15Cl3N2O2. The molecule has 25 heavy (non-hydrogen) atoms. The average Bonchev–Trinajstić information content (AvgIpc) is 3.01. The third-order valence-corrected chi connectivity index (χ3v) is 4.56. The van der Waals surface area contributed by atoms with Crippen molar-refractivity contribution in [2.45, 2.75) is 13.0 Å². The van der Waals surface area contributed by atoms with E-state index in [9.17, 15) is 4.79 Å². The molecule has 0 fully saturated rings. The minimum Gasteiger partial charge on any atom is -0.464 e. The number of carbonyl (C=O) groups is 1. The summed E-state index contributed by atoms with van der Waals surface area (Å²) in [5.74, 6) is 0.239. The molecule has 0 N–H and O–H groups in total. The number of anilines is 1. The van der Waals surface area contributed by atoms with Gasteiger partial charge in [0, 0.05) is 21.3 Å². The molecular weight excluding hydrogens is 383 g/mol. The SMILES string of the molecule is CCOC(=O)C1CN(c2ccc(Cl)cc2)C(c2ccc(Cl)cc2Cl)=N1. The van der Waals surface area contributed by atoms with Crippen LogP contribution in [0.2, 0.25) is 15.1 Å². The molecule has 1 heterocycles. The number of hydrogen-bond donors (Lipinski definition) is 0. The first-order valence-corrected chi connectivity index (χ1v) is 8.86. The topological polar surface area (TPSA) is 41.9 Å². The van der Waals surface area contributed by atoms with Gasteiger partial charge in [0.2, 0.25) is 0 Å². The Morgan fingerprint density at radius 1 is 1.16 bits per heavy atom. The van der Waals surface area contributed by atoms with E-state index in [1.165, 1.54) is 0 Å². The molecule has 0 saturated heterocycles. The Hall–Kier alpha value is -1.75. The number of esters is 1. The van der Waals surface area contributed by atoms with Gasteiger partial charge in [-0.1, -0.05) is 34.8 Å². The number of ether oxygens (including phenoxy) is 1. The lowest BCUT2D eigenvalue weighted by Gasteiger charge is -2.22. The maximum absolute atomic E-state index is 12.2. The van der Waals surface area contributed by atoms with Crippen LogP contribution in [0.5, 0.6) is 0 Å². The number of rotatable bonds is 4. The molecule has 2 aromatic rings. The summed E-state index contributed by atoms with van der Waals surface area (Å²) >= 11 is 18.3. The van der Waals surface area contributed by atoms with E-state index in [2.05, 4.69) is 4.99 Å². The second kappa shape index (κ2) is 7.65. The van der Waals surface area contributed by atoms with Gasteiger partial charge in [-0.25, -0.2) is 4.79 Å². The minimum absolute atomic E-state index is 0.308. The van der Waals surface area contributed by atoms with E-state index in [4.69, 9.17) is 39.5 Å². The van der Waals surface area contributed by atoms with Gasteiger partial charge in [-0.15, -0.1) is 0 Å². The first-order valence-electron chi connectivity index (χ1n) is 7.72. The highest BCUT2D eigenvalue weighted by molar-refractivity contribution is 6.37. The maximum Gasteiger partial charge on any atom is 0.332 e. The van der Waals surface area contributed by atoms with Gasteiger partial charge in [0.25, 0.3) is 0 Å². The molecule has 0 aliphatic carbocycles. The second-order valence-corrected chi connectivity index (χ2v) is 6.71. The Bertz CT molecular complexity index is 822. The van der Waals surface area contributed by atoms with Gasteiger partial charge in [0.15, 0.2) is 6.04 Å². The summed E-state index contributed by atoms with van der Waals surface area (Å²) in [6.07, 6.45) is 0. The molecule has 1 unspecified atom stereocenters. The molecule has 1 aliphatic rings. The van der Waals surface area contributed by atoms with E-state index in [-0.39, 0.29) is 5.97 Å². The van der Waals surface area contributed by atoms with E-state index < -0.39 is 6.04 Å². The van der Waals surface area contributed by atoms with Crippen molar-refractivity contribution in [2.75, 3.05) is 18.1 Å². The summed E-state index contributed by atoms with van der Waals surface area (Å²) < 4.78 is 5.11. The van der Waals surface area contributed by atoms with Crippen molar-refractivity contribution >= 4 is 52.3 Å². The number of carbonyl (C=O) groups excluding carboxylic acids is 1. The first kappa shape index (κ1) is 18.1. The maximum atomic E-state index is 12.2. The summed E-state index contributed by atoms with van der Waals surface area (Å²) in [6, 6.07) is 11.9. The molecule has 1 atom stereocenters. The molecule has 0 radical (unpaired) electrons. The minimum atomic E-state index is -0.614. The predicted molar refractivity (Wildman–Crippen MR) is 102 cm³/mol. The zero-order chi connectivity index (χ0) is 18.0. The summed E-state index contributed by atoms with van der Waals surface area (Å²) in [5.41, 5.74) is 1.56. The van der Waals surface area contributed by atoms with Crippen LogP contribution in [-0.4, -0.2) is 31.0 Å². The van der Waals surface area contributed by atoms with Crippen LogP contribution in [0.1, 0.15) is 12.5 Å². The second-order valence-electron chi connectivity index (χ2n) is 5.43. The first-order chi connectivity index (χ1) is 12.0. The molecule has 3 rings (SSSR count). The summed E-state index contributed by atoms with van der Waals surface area (Å²) in [7, 11) is 0. The predicted octanol–water partition coefficient (Wildman–Crippen LogP) is 4.85. The van der Waals surface area contributed by atoms with Crippen molar-refractivity contribution in [1.29, 1.82) is 0 Å². The van der Waals surface area contributed by atoms with Crippen molar-refractivity contribution < 1.29 is 9.53 Å². The van der Waals surface area contributed by atoms with Gasteiger partial charge in [-0.3, -0.25) is 4.99 Å². The molecule has 0 saturated carbocycles. The van der Waals surface area contributed by atoms with E-state index in [1.807, 2.05) is 17.0 Å². The number of aliphatic imine (C=N–C) groups is 1. The van der Waals surface area contributed by atoms with Crippen molar-refractivity contribution in [3.05, 3.63) is 63.1 Å². The molecule has 0 spiro atoms. The number of benzene rings is 2. The van der Waals surface area contributed by atoms with E-state index in [1.54, 1.807) is 37.3 Å². The Morgan fingerprint density at radius 3 is 2.48 bits per heavy atom. The van der Waals surface area contributed by atoms with Crippen molar-refractivity contribution in [3.63, 3.8) is 0 Å². The van der Waals surface area contributed by atoms with Crippen LogP contribution >= 0.6 is 34.8 Å².